The Balaban J connectivity index is 1.58. The highest BCUT2D eigenvalue weighted by Gasteiger charge is 2.46. The number of aryl methyl sites for hydroxylation is 1. The Morgan fingerprint density at radius 2 is 2.04 bits per heavy atom. The number of carbonyl (C=O) groups excluding carboxylic acids is 1. The zero-order chi connectivity index (χ0) is 16.3. The lowest BCUT2D eigenvalue weighted by molar-refractivity contribution is -0.137. The van der Waals surface area contributed by atoms with Gasteiger partial charge in [0.15, 0.2) is 0 Å². The first-order valence-corrected chi connectivity index (χ1v) is 8.71. The van der Waals surface area contributed by atoms with E-state index in [1.165, 1.54) is 19.3 Å². The second-order valence-electron chi connectivity index (χ2n) is 7.06. The fourth-order valence-electron chi connectivity index (χ4n) is 4.39. The van der Waals surface area contributed by atoms with Crippen molar-refractivity contribution < 1.29 is 14.6 Å². The predicted molar refractivity (Wildman–Crippen MR) is 89.3 cm³/mol. The number of ether oxygens (including phenoxy) is 1. The number of amides is 1. The fraction of sp³-hybridized carbons (Fsp3) is 0.632. The molecule has 1 N–H and O–H groups in total. The summed E-state index contributed by atoms with van der Waals surface area (Å²) in [5.41, 5.74) is 1.29. The van der Waals surface area contributed by atoms with Crippen LogP contribution in [0.15, 0.2) is 24.3 Å². The van der Waals surface area contributed by atoms with Gasteiger partial charge in [-0.25, -0.2) is 0 Å². The minimum atomic E-state index is 0.196. The highest BCUT2D eigenvalue weighted by Crippen LogP contribution is 2.46. The van der Waals surface area contributed by atoms with Crippen LogP contribution in [-0.4, -0.2) is 42.2 Å². The number of piperidine rings is 1. The van der Waals surface area contributed by atoms with Gasteiger partial charge in [0.05, 0.1) is 6.10 Å². The molecule has 1 aromatic rings. The van der Waals surface area contributed by atoms with Crippen molar-refractivity contribution in [1.82, 2.24) is 4.90 Å². The van der Waals surface area contributed by atoms with E-state index >= 15 is 0 Å². The molecule has 1 saturated heterocycles. The summed E-state index contributed by atoms with van der Waals surface area (Å²) >= 11 is 0. The molecular formula is C19H27NO3. The van der Waals surface area contributed by atoms with Crippen molar-refractivity contribution in [2.75, 3.05) is 20.2 Å². The van der Waals surface area contributed by atoms with Crippen LogP contribution in [0, 0.1) is 5.41 Å². The lowest BCUT2D eigenvalue weighted by Gasteiger charge is -2.43. The van der Waals surface area contributed by atoms with Crippen molar-refractivity contribution >= 4 is 5.91 Å². The van der Waals surface area contributed by atoms with E-state index in [0.29, 0.717) is 12.5 Å². The zero-order valence-corrected chi connectivity index (χ0v) is 14.0. The van der Waals surface area contributed by atoms with E-state index in [1.54, 1.807) is 12.1 Å². The number of aromatic hydroxyl groups is 1. The summed E-state index contributed by atoms with van der Waals surface area (Å²) in [6, 6.07) is 7.13. The summed E-state index contributed by atoms with van der Waals surface area (Å²) in [4.78, 5) is 14.7. The molecule has 2 atom stereocenters. The summed E-state index contributed by atoms with van der Waals surface area (Å²) in [7, 11) is 1.81. The SMILES string of the molecule is CO[C@@H]1CCC[C@]12CCCN(C(=O)CCc1ccc(O)cc1)C2. The van der Waals surface area contributed by atoms with Gasteiger partial charge in [-0.3, -0.25) is 4.79 Å². The van der Waals surface area contributed by atoms with E-state index < -0.39 is 0 Å². The molecule has 1 aliphatic heterocycles. The maximum Gasteiger partial charge on any atom is 0.222 e. The van der Waals surface area contributed by atoms with Gasteiger partial charge in [-0.15, -0.1) is 0 Å². The molecule has 3 rings (SSSR count). The van der Waals surface area contributed by atoms with E-state index in [4.69, 9.17) is 4.74 Å². The molecule has 1 spiro atoms. The molecule has 4 nitrogen and oxygen atoms in total. The maximum atomic E-state index is 12.6. The highest BCUT2D eigenvalue weighted by atomic mass is 16.5. The number of methoxy groups -OCH3 is 1. The number of hydrogen-bond donors (Lipinski definition) is 1. The molecule has 4 heteroatoms. The minimum absolute atomic E-state index is 0.196. The van der Waals surface area contributed by atoms with Crippen LogP contribution in [0.5, 0.6) is 5.75 Å². The Kier molecular flexibility index (Phi) is 4.90. The van der Waals surface area contributed by atoms with Gasteiger partial charge in [0, 0.05) is 32.0 Å². The van der Waals surface area contributed by atoms with Crippen molar-refractivity contribution in [3.63, 3.8) is 0 Å². The third-order valence-electron chi connectivity index (χ3n) is 5.63. The Morgan fingerprint density at radius 3 is 2.78 bits per heavy atom. The number of benzene rings is 1. The summed E-state index contributed by atoms with van der Waals surface area (Å²) in [6.07, 6.45) is 7.40. The summed E-state index contributed by atoms with van der Waals surface area (Å²) < 4.78 is 5.71. The van der Waals surface area contributed by atoms with Gasteiger partial charge in [0.25, 0.3) is 0 Å². The summed E-state index contributed by atoms with van der Waals surface area (Å²) in [6.45, 7) is 1.74. The van der Waals surface area contributed by atoms with Crippen LogP contribution in [0.3, 0.4) is 0 Å². The van der Waals surface area contributed by atoms with Crippen LogP contribution in [0.25, 0.3) is 0 Å². The number of phenols is 1. The molecule has 0 bridgehead atoms. The van der Waals surface area contributed by atoms with Gasteiger partial charge >= 0.3 is 0 Å². The van der Waals surface area contributed by atoms with E-state index in [0.717, 1.165) is 37.9 Å². The molecule has 0 aromatic heterocycles. The minimum Gasteiger partial charge on any atom is -0.508 e. The van der Waals surface area contributed by atoms with E-state index in [1.807, 2.05) is 19.2 Å². The molecule has 1 amide bonds. The topological polar surface area (TPSA) is 49.8 Å². The van der Waals surface area contributed by atoms with Gasteiger partial charge in [-0.1, -0.05) is 18.6 Å². The molecule has 1 heterocycles. The predicted octanol–water partition coefficient (Wildman–Crippen LogP) is 3.13. The second-order valence-corrected chi connectivity index (χ2v) is 7.06. The van der Waals surface area contributed by atoms with Crippen molar-refractivity contribution in [3.8, 4) is 5.75 Å². The number of carbonyl (C=O) groups is 1. The first kappa shape index (κ1) is 16.3. The van der Waals surface area contributed by atoms with Crippen molar-refractivity contribution in [1.29, 1.82) is 0 Å². The molecule has 0 unspecified atom stereocenters. The van der Waals surface area contributed by atoms with E-state index in [-0.39, 0.29) is 17.1 Å². The number of hydrogen-bond acceptors (Lipinski definition) is 3. The summed E-state index contributed by atoms with van der Waals surface area (Å²) in [5, 5.41) is 9.32. The highest BCUT2D eigenvalue weighted by molar-refractivity contribution is 5.76. The lowest BCUT2D eigenvalue weighted by Crippen LogP contribution is -2.49. The van der Waals surface area contributed by atoms with Crippen LogP contribution >= 0.6 is 0 Å². The van der Waals surface area contributed by atoms with Crippen molar-refractivity contribution in [3.05, 3.63) is 29.8 Å². The third kappa shape index (κ3) is 3.52. The quantitative estimate of drug-likeness (QED) is 0.928. The average molecular weight is 317 g/mol. The Bertz CT molecular complexity index is 542. The van der Waals surface area contributed by atoms with Crippen LogP contribution in [0.1, 0.15) is 44.1 Å². The average Bonchev–Trinajstić information content (AvgIpc) is 2.95. The van der Waals surface area contributed by atoms with Gasteiger partial charge in [0.2, 0.25) is 5.91 Å². The molecule has 1 saturated carbocycles. The van der Waals surface area contributed by atoms with Gasteiger partial charge in [-0.2, -0.15) is 0 Å². The van der Waals surface area contributed by atoms with Crippen LogP contribution in [0.4, 0.5) is 0 Å². The first-order chi connectivity index (χ1) is 11.1. The normalized spacial score (nSPS) is 27.5. The third-order valence-corrected chi connectivity index (χ3v) is 5.63. The van der Waals surface area contributed by atoms with Crippen LogP contribution in [-0.2, 0) is 16.0 Å². The maximum absolute atomic E-state index is 12.6. The van der Waals surface area contributed by atoms with Crippen molar-refractivity contribution in [2.24, 2.45) is 5.41 Å². The first-order valence-electron chi connectivity index (χ1n) is 8.71. The molecule has 1 aromatic carbocycles. The molecule has 0 radical (unpaired) electrons. The monoisotopic (exact) mass is 317 g/mol. The summed E-state index contributed by atoms with van der Waals surface area (Å²) in [5.74, 6) is 0.517. The van der Waals surface area contributed by atoms with Gasteiger partial charge < -0.3 is 14.7 Å². The molecule has 2 aliphatic rings. The molecule has 2 fully saturated rings. The Morgan fingerprint density at radius 1 is 1.30 bits per heavy atom. The second kappa shape index (κ2) is 6.91. The van der Waals surface area contributed by atoms with Crippen LogP contribution < -0.4 is 0 Å². The van der Waals surface area contributed by atoms with Gasteiger partial charge in [-0.05, 0) is 49.8 Å². The molecular weight excluding hydrogens is 290 g/mol. The number of likely N-dealkylation sites (tertiary alicyclic amines) is 1. The van der Waals surface area contributed by atoms with Gasteiger partial charge in [0.1, 0.15) is 5.75 Å². The van der Waals surface area contributed by atoms with Crippen LogP contribution in [0.2, 0.25) is 0 Å². The van der Waals surface area contributed by atoms with Crippen molar-refractivity contribution in [2.45, 2.75) is 51.0 Å². The lowest BCUT2D eigenvalue weighted by atomic mass is 9.76. The fourth-order valence-corrected chi connectivity index (χ4v) is 4.39. The standard InChI is InChI=1S/C19H27NO3/c1-23-17-4-2-11-19(17)12-3-13-20(14-19)18(22)10-7-15-5-8-16(21)9-6-15/h5-6,8-9,17,21H,2-4,7,10-14H2,1H3/t17-,19-/m1/s1. The Hall–Kier alpha value is -1.55. The molecule has 1 aliphatic carbocycles. The number of nitrogens with zero attached hydrogens (tertiary/aromatic N) is 1. The number of phenolic OH excluding ortho intramolecular Hbond substituents is 1. The van der Waals surface area contributed by atoms with E-state index in [2.05, 4.69) is 4.90 Å². The largest absolute Gasteiger partial charge is 0.508 e. The number of rotatable bonds is 4. The van der Waals surface area contributed by atoms with E-state index in [9.17, 15) is 9.90 Å². The Labute approximate surface area is 138 Å². The smallest absolute Gasteiger partial charge is 0.222 e. The zero-order valence-electron chi connectivity index (χ0n) is 14.0. The molecule has 126 valence electrons. The molecule has 23 heavy (non-hydrogen) atoms.